The van der Waals surface area contributed by atoms with Crippen LogP contribution in [0.15, 0.2) is 25.3 Å². The molecule has 16 heteroatoms. The Morgan fingerprint density at radius 2 is 0.500 bits per heavy atom. The predicted octanol–water partition coefficient (Wildman–Crippen LogP) is 4.85. The lowest BCUT2D eigenvalue weighted by Gasteiger charge is -2.28. The van der Waals surface area contributed by atoms with Gasteiger partial charge in [-0.15, -0.1) is 0 Å². The van der Waals surface area contributed by atoms with Crippen LogP contribution in [0.1, 0.15) is 0 Å². The molecule has 0 aromatic carbocycles. The Hall–Kier alpha value is -3.32. The summed E-state index contributed by atoms with van der Waals surface area (Å²) >= 11 is 27.1. The zero-order valence-electron chi connectivity index (χ0n) is 19.2. The quantitative estimate of drug-likeness (QED) is 0.290. The SMILES string of the molecule is CN1c2ncnc(c2Cl)N(C)c2ncnc(c2Cl)N(C)c2ncnc(c2Cl)N(C)c2ncnc1c2Cl. The molecule has 0 radical (unpaired) electrons. The molecule has 0 unspecified atom stereocenters. The monoisotopic (exact) mass is 564 g/mol. The Balaban J connectivity index is 1.84. The molecular weight excluding hydrogens is 550 g/mol. The lowest BCUT2D eigenvalue weighted by Crippen LogP contribution is -2.22. The first-order chi connectivity index (χ1) is 17.2. The summed E-state index contributed by atoms with van der Waals surface area (Å²) < 4.78 is 0. The molecule has 0 fully saturated rings. The highest BCUT2D eigenvalue weighted by molar-refractivity contribution is 6.39. The molecule has 5 rings (SSSR count). The molecule has 0 N–H and O–H groups in total. The van der Waals surface area contributed by atoms with E-state index < -0.39 is 0 Å². The van der Waals surface area contributed by atoms with E-state index in [9.17, 15) is 0 Å². The van der Waals surface area contributed by atoms with Crippen LogP contribution in [0, 0.1) is 0 Å². The minimum absolute atomic E-state index is 0.223. The Kier molecular flexibility index (Phi) is 6.29. The molecule has 0 aliphatic carbocycles. The molecule has 0 saturated carbocycles. The van der Waals surface area contributed by atoms with Crippen molar-refractivity contribution < 1.29 is 0 Å². The summed E-state index contributed by atoms with van der Waals surface area (Å²) in [5, 5.41) is 0.890. The van der Waals surface area contributed by atoms with E-state index in [1.54, 1.807) is 47.8 Å². The Bertz CT molecular complexity index is 1170. The second kappa shape index (κ2) is 9.28. The van der Waals surface area contributed by atoms with Gasteiger partial charge in [0.05, 0.1) is 0 Å². The van der Waals surface area contributed by atoms with E-state index in [0.29, 0.717) is 46.5 Å². The highest BCUT2D eigenvalue weighted by Gasteiger charge is 2.28. The maximum absolute atomic E-state index is 6.78. The standard InChI is InChI=1S/C20H16Cl4N12/c1-33-13-9(21)15(27-5-25-13)34(2)17-11(23)19(31-7-29-17)36(4)20-12(24)18(30-8-32-20)35(3)16-10(22)14(33)26-6-28-16/h5-8H,1-4H3. The number of hydrogen-bond donors (Lipinski definition) is 0. The zero-order chi connectivity index (χ0) is 25.7. The largest absolute Gasteiger partial charge is 0.311 e. The van der Waals surface area contributed by atoms with Gasteiger partial charge in [-0.2, -0.15) is 0 Å². The number of rotatable bonds is 0. The van der Waals surface area contributed by atoms with E-state index in [-0.39, 0.29) is 20.1 Å². The van der Waals surface area contributed by atoms with Crippen molar-refractivity contribution in [3.8, 4) is 0 Å². The van der Waals surface area contributed by atoms with E-state index >= 15 is 0 Å². The third-order valence-corrected chi connectivity index (χ3v) is 6.90. The molecule has 0 amide bonds. The molecule has 8 bridgehead atoms. The summed E-state index contributed by atoms with van der Waals surface area (Å²) in [6, 6.07) is 0. The third-order valence-electron chi connectivity index (χ3n) is 5.55. The normalized spacial score (nSPS) is 13.3. The van der Waals surface area contributed by atoms with E-state index in [1.165, 1.54) is 25.3 Å². The second-order valence-electron chi connectivity index (χ2n) is 7.58. The first-order valence-corrected chi connectivity index (χ1v) is 11.7. The fraction of sp³-hybridized carbons (Fsp3) is 0.200. The van der Waals surface area contributed by atoms with Crippen molar-refractivity contribution >= 4 is 92.9 Å². The van der Waals surface area contributed by atoms with Gasteiger partial charge in [0.15, 0.2) is 46.5 Å². The topological polar surface area (TPSA) is 116 Å². The van der Waals surface area contributed by atoms with Crippen LogP contribution in [-0.4, -0.2) is 68.1 Å². The van der Waals surface area contributed by atoms with Crippen LogP contribution in [0.2, 0.25) is 20.1 Å². The average molecular weight is 566 g/mol. The number of halogens is 4. The highest BCUT2D eigenvalue weighted by atomic mass is 35.5. The number of nitrogens with zero attached hydrogens (tertiary/aromatic N) is 12. The van der Waals surface area contributed by atoms with E-state index in [0.717, 1.165) is 0 Å². The van der Waals surface area contributed by atoms with Gasteiger partial charge < -0.3 is 19.6 Å². The smallest absolute Gasteiger partial charge is 0.158 e. The van der Waals surface area contributed by atoms with Gasteiger partial charge in [-0.1, -0.05) is 46.4 Å². The van der Waals surface area contributed by atoms with Crippen molar-refractivity contribution in [1.29, 1.82) is 0 Å². The van der Waals surface area contributed by atoms with Crippen LogP contribution in [-0.2, 0) is 0 Å². The molecule has 4 aromatic heterocycles. The maximum atomic E-state index is 6.78. The van der Waals surface area contributed by atoms with Crippen molar-refractivity contribution in [1.82, 2.24) is 39.9 Å². The van der Waals surface area contributed by atoms with E-state index in [4.69, 9.17) is 46.4 Å². The first kappa shape index (κ1) is 24.4. The van der Waals surface area contributed by atoms with Crippen molar-refractivity contribution in [2.24, 2.45) is 0 Å². The van der Waals surface area contributed by atoms with Crippen LogP contribution >= 0.6 is 46.4 Å². The molecular formula is C20H16Cl4N12. The van der Waals surface area contributed by atoms with Gasteiger partial charge >= 0.3 is 0 Å². The fourth-order valence-electron chi connectivity index (χ4n) is 3.68. The highest BCUT2D eigenvalue weighted by Crippen LogP contribution is 2.44. The molecule has 1 aliphatic heterocycles. The molecule has 5 heterocycles. The summed E-state index contributed by atoms with van der Waals surface area (Å²) in [5.74, 6) is 2.78. The van der Waals surface area contributed by atoms with E-state index in [1.807, 2.05) is 0 Å². The van der Waals surface area contributed by atoms with Gasteiger partial charge in [0.2, 0.25) is 0 Å². The minimum Gasteiger partial charge on any atom is -0.311 e. The van der Waals surface area contributed by atoms with Crippen molar-refractivity contribution in [3.63, 3.8) is 0 Å². The summed E-state index contributed by atoms with van der Waals surface area (Å²) in [4.78, 5) is 41.3. The first-order valence-electron chi connectivity index (χ1n) is 10.2. The number of aromatic nitrogens is 8. The van der Waals surface area contributed by atoms with Gasteiger partial charge in [-0.25, -0.2) is 39.9 Å². The van der Waals surface area contributed by atoms with Gasteiger partial charge in [0.25, 0.3) is 0 Å². The van der Waals surface area contributed by atoms with Crippen LogP contribution in [0.25, 0.3) is 0 Å². The second-order valence-corrected chi connectivity index (χ2v) is 9.09. The van der Waals surface area contributed by atoms with Crippen LogP contribution in [0.4, 0.5) is 46.5 Å². The van der Waals surface area contributed by atoms with Crippen LogP contribution in [0.5, 0.6) is 0 Å². The summed E-state index contributed by atoms with van der Waals surface area (Å²) in [6.45, 7) is 0. The van der Waals surface area contributed by atoms with Gasteiger partial charge in [-0.3, -0.25) is 0 Å². The molecule has 4 aromatic rings. The third kappa shape index (κ3) is 3.77. The van der Waals surface area contributed by atoms with Gasteiger partial charge in [-0.05, 0) is 0 Å². The Morgan fingerprint density at radius 1 is 0.361 bits per heavy atom. The molecule has 0 atom stereocenters. The predicted molar refractivity (Wildman–Crippen MR) is 140 cm³/mol. The summed E-state index contributed by atoms with van der Waals surface area (Å²) in [5.41, 5.74) is 0. The average Bonchev–Trinajstić information content (AvgIpc) is 2.87. The Morgan fingerprint density at radius 3 is 0.639 bits per heavy atom. The number of fused-ring (bicyclic) bond motifs is 8. The van der Waals surface area contributed by atoms with Crippen molar-refractivity contribution in [2.75, 3.05) is 47.8 Å². The zero-order valence-corrected chi connectivity index (χ0v) is 22.2. The fourth-order valence-corrected chi connectivity index (χ4v) is 5.08. The van der Waals surface area contributed by atoms with Gasteiger partial charge in [0, 0.05) is 28.2 Å². The molecule has 0 saturated heterocycles. The Labute approximate surface area is 225 Å². The van der Waals surface area contributed by atoms with Crippen LogP contribution < -0.4 is 19.6 Å². The summed E-state index contributed by atoms with van der Waals surface area (Å²) in [6.07, 6.45) is 5.48. The van der Waals surface area contributed by atoms with Crippen molar-refractivity contribution in [2.45, 2.75) is 0 Å². The van der Waals surface area contributed by atoms with Crippen molar-refractivity contribution in [3.05, 3.63) is 45.4 Å². The molecule has 36 heavy (non-hydrogen) atoms. The maximum Gasteiger partial charge on any atom is 0.158 e. The molecule has 1 aliphatic rings. The lowest BCUT2D eigenvalue weighted by molar-refractivity contribution is 0.970. The minimum atomic E-state index is 0.223. The number of hydrogen-bond acceptors (Lipinski definition) is 12. The summed E-state index contributed by atoms with van der Waals surface area (Å²) in [7, 11) is 6.89. The molecule has 0 spiro atoms. The van der Waals surface area contributed by atoms with Gasteiger partial charge in [0.1, 0.15) is 45.4 Å². The van der Waals surface area contributed by atoms with Crippen LogP contribution in [0.3, 0.4) is 0 Å². The number of anilines is 8. The molecule has 12 nitrogen and oxygen atoms in total. The molecule has 184 valence electrons. The van der Waals surface area contributed by atoms with E-state index in [2.05, 4.69) is 39.9 Å². The lowest BCUT2D eigenvalue weighted by atomic mass is 10.3.